The normalized spacial score (nSPS) is 40.5. The summed E-state index contributed by atoms with van der Waals surface area (Å²) < 4.78 is 12.1. The number of amides is 1. The molecular formula is C39H69IN3O5Se. The van der Waals surface area contributed by atoms with Crippen molar-refractivity contribution in [1.82, 2.24) is 16.0 Å². The van der Waals surface area contributed by atoms with Crippen molar-refractivity contribution in [1.29, 1.82) is 0 Å². The predicted octanol–water partition coefficient (Wildman–Crippen LogP) is 8.11. The zero-order chi connectivity index (χ0) is 35.8. The second-order valence-electron chi connectivity index (χ2n) is 17.3. The van der Waals surface area contributed by atoms with Crippen molar-refractivity contribution in [3.63, 3.8) is 0 Å². The molecular weight excluding hydrogens is 796 g/mol. The monoisotopic (exact) mass is 866 g/mol. The molecule has 4 N–H and O–H groups in total. The topological polar surface area (TPSA) is 109 Å². The van der Waals surface area contributed by atoms with Crippen molar-refractivity contribution in [3.05, 3.63) is 0 Å². The first-order valence-corrected chi connectivity index (χ1v) is 25.1. The second kappa shape index (κ2) is 19.3. The Kier molecular flexibility index (Phi) is 16.4. The molecule has 283 valence electrons. The van der Waals surface area contributed by atoms with Crippen molar-refractivity contribution >= 4 is 45.7 Å². The Balaban J connectivity index is 0.00000103. The van der Waals surface area contributed by atoms with Crippen molar-refractivity contribution in [2.45, 2.75) is 156 Å². The number of hydrogen-bond acceptors (Lipinski definition) is 6. The summed E-state index contributed by atoms with van der Waals surface area (Å²) >= 11 is 4.62. The number of nitrogens with one attached hydrogen (secondary N) is 3. The van der Waals surface area contributed by atoms with Crippen LogP contribution in [0.15, 0.2) is 0 Å². The van der Waals surface area contributed by atoms with E-state index in [-0.39, 0.29) is 24.8 Å². The van der Waals surface area contributed by atoms with E-state index in [4.69, 9.17) is 19.4 Å². The second-order valence-corrected chi connectivity index (χ2v) is 17.3. The summed E-state index contributed by atoms with van der Waals surface area (Å²) in [6, 6.07) is 0.752. The quantitative estimate of drug-likeness (QED) is 0.0945. The number of carbonyl (C=O) groups is 2. The molecule has 10 heteroatoms. The third-order valence-electron chi connectivity index (χ3n) is 14.8. The molecule has 6 aliphatic rings. The van der Waals surface area contributed by atoms with Crippen molar-refractivity contribution in [2.75, 3.05) is 19.7 Å². The van der Waals surface area contributed by atoms with Gasteiger partial charge in [0.05, 0.1) is 12.7 Å². The van der Waals surface area contributed by atoms with Gasteiger partial charge in [-0.15, -0.1) is 0 Å². The fourth-order valence-corrected chi connectivity index (χ4v) is 12.2. The van der Waals surface area contributed by atoms with Crippen LogP contribution in [0.4, 0.5) is 4.79 Å². The first-order valence-electron chi connectivity index (χ1n) is 19.9. The van der Waals surface area contributed by atoms with Crippen LogP contribution in [-0.4, -0.2) is 74.5 Å². The van der Waals surface area contributed by atoms with E-state index in [0.29, 0.717) is 47.3 Å². The summed E-state index contributed by atoms with van der Waals surface area (Å²) in [5.41, 5.74) is 0.930. The van der Waals surface area contributed by atoms with E-state index in [1.54, 1.807) is 0 Å². The molecule has 0 aromatic rings. The molecule has 6 fully saturated rings. The summed E-state index contributed by atoms with van der Waals surface area (Å²) in [4.78, 5) is 20.7. The average molecular weight is 866 g/mol. The number of ether oxygens (including phenoxy) is 2. The molecule has 1 radical (unpaired) electrons. The Morgan fingerprint density at radius 1 is 1.00 bits per heavy atom. The van der Waals surface area contributed by atoms with Crippen LogP contribution in [-0.2, 0) is 14.3 Å². The number of rotatable bonds is 11. The van der Waals surface area contributed by atoms with Gasteiger partial charge in [0.2, 0.25) is 0 Å². The molecule has 0 spiro atoms. The van der Waals surface area contributed by atoms with Gasteiger partial charge in [0, 0.05) is 31.1 Å². The summed E-state index contributed by atoms with van der Waals surface area (Å²) in [5.74, 6) is 6.23. The maximum absolute atomic E-state index is 12.3. The van der Waals surface area contributed by atoms with Crippen molar-refractivity contribution in [3.8, 4) is 0 Å². The number of carbonyl (C=O) groups excluding carboxylic acids is 1. The molecule has 1 heterocycles. The van der Waals surface area contributed by atoms with Crippen molar-refractivity contribution < 1.29 is 24.2 Å². The molecule has 8 nitrogen and oxygen atoms in total. The predicted molar refractivity (Wildman–Crippen MR) is 207 cm³/mol. The van der Waals surface area contributed by atoms with E-state index in [0.717, 1.165) is 49.1 Å². The molecule has 1 amide bonds. The Morgan fingerprint density at radius 2 is 1.69 bits per heavy atom. The molecule has 0 aromatic heterocycles. The maximum atomic E-state index is 12.3. The third-order valence-corrected chi connectivity index (χ3v) is 14.8. The van der Waals surface area contributed by atoms with E-state index < -0.39 is 0 Å². The van der Waals surface area contributed by atoms with Gasteiger partial charge in [0.25, 0.3) is 6.47 Å². The number of fused-ring (bicyclic) bond motifs is 7. The fraction of sp³-hybridized carbons (Fsp3) is 0.949. The molecule has 1 saturated heterocycles. The van der Waals surface area contributed by atoms with Crippen LogP contribution in [0.2, 0.25) is 0 Å². The molecule has 6 rings (SSSR count). The Morgan fingerprint density at radius 3 is 2.37 bits per heavy atom. The Labute approximate surface area is 317 Å². The Bertz CT molecular complexity index is 1040. The van der Waals surface area contributed by atoms with E-state index in [1.165, 1.54) is 83.5 Å². The van der Waals surface area contributed by atoms with Gasteiger partial charge in [-0.2, -0.15) is 0 Å². The van der Waals surface area contributed by atoms with Crippen LogP contribution in [0.3, 0.4) is 0 Å². The third kappa shape index (κ3) is 9.52. The molecule has 0 aromatic carbocycles. The van der Waals surface area contributed by atoms with Crippen LogP contribution >= 0.6 is 20.3 Å². The van der Waals surface area contributed by atoms with Crippen LogP contribution in [0.5, 0.6) is 0 Å². The summed E-state index contributed by atoms with van der Waals surface area (Å²) in [6.45, 7) is 16.5. The van der Waals surface area contributed by atoms with E-state index >= 15 is 0 Å². The summed E-state index contributed by atoms with van der Waals surface area (Å²) in [7, 11) is 0. The zero-order valence-electron chi connectivity index (χ0n) is 31.4. The van der Waals surface area contributed by atoms with Gasteiger partial charge in [0.15, 0.2) is 0 Å². The molecule has 1 aliphatic heterocycles. The molecule has 0 bridgehead atoms. The van der Waals surface area contributed by atoms with Gasteiger partial charge in [0.1, 0.15) is 6.23 Å². The first-order chi connectivity index (χ1) is 23.6. The summed E-state index contributed by atoms with van der Waals surface area (Å²) in [5, 5.41) is 17.9. The minimum atomic E-state index is -0.250. The van der Waals surface area contributed by atoms with Gasteiger partial charge >= 0.3 is 39.2 Å². The van der Waals surface area contributed by atoms with Gasteiger partial charge < -0.3 is 25.2 Å². The zero-order valence-corrected chi connectivity index (χ0v) is 35.3. The molecule has 5 saturated carbocycles. The molecule has 13 atom stereocenters. The van der Waals surface area contributed by atoms with E-state index in [1.807, 2.05) is 27.3 Å². The number of carboxylic acid groups (broad SMARTS) is 1. The van der Waals surface area contributed by atoms with Crippen LogP contribution in [0.1, 0.15) is 131 Å². The minimum absolute atomic E-state index is 0.175. The standard InChI is InChI=1S/C38H67N3O3.CH2O2.ISe/c1-7-24(3)22-40-35-25(4)34-33(44-35)21-32-30-14-13-27-20-28(15-17-37(27,5)31(30)16-18-38(32,34)6)39-23-29(41-36(42)43-8-2)19-26-11-9-10-12-26;2-1-3;1-2/h24-35,39-40H,7-23H2,1-6H3,(H,41,42);1H,(H,2,3);/t24-,25-,27?,28?,29-,30+,31?,32?,33-,34?,35-,37-,38-;;/m0../s1. The van der Waals surface area contributed by atoms with Gasteiger partial charge in [-0.1, -0.05) is 66.7 Å². The van der Waals surface area contributed by atoms with Crippen LogP contribution in [0.25, 0.3) is 0 Å². The first kappa shape index (κ1) is 41.6. The number of hydrogen-bond donors (Lipinski definition) is 4. The van der Waals surface area contributed by atoms with Crippen LogP contribution in [0, 0.1) is 58.2 Å². The molecule has 49 heavy (non-hydrogen) atoms. The van der Waals surface area contributed by atoms with Gasteiger partial charge in [-0.3, -0.25) is 10.1 Å². The summed E-state index contributed by atoms with van der Waals surface area (Å²) in [6.07, 6.45) is 19.0. The number of halogens is 1. The number of alkyl carbamates (subject to hydrolysis) is 1. The van der Waals surface area contributed by atoms with Crippen LogP contribution < -0.4 is 16.0 Å². The molecule has 5 aliphatic carbocycles. The van der Waals surface area contributed by atoms with Crippen molar-refractivity contribution in [2.24, 2.45) is 58.2 Å². The average Bonchev–Trinajstić information content (AvgIpc) is 3.79. The van der Waals surface area contributed by atoms with Gasteiger partial charge in [-0.05, 0) is 117 Å². The van der Waals surface area contributed by atoms with E-state index in [9.17, 15) is 4.79 Å². The fourth-order valence-electron chi connectivity index (χ4n) is 12.2. The molecule has 5 unspecified atom stereocenters. The van der Waals surface area contributed by atoms with Gasteiger partial charge in [-0.25, -0.2) is 4.79 Å². The van der Waals surface area contributed by atoms with E-state index in [2.05, 4.69) is 63.3 Å². The SMILES string of the molecule is CCOC(=O)N[C@H](CNC1CC[C@@]2(C)C(CC[C@@H]3C2CC[C@@]2(C)C3C[C@@H]3O[C@H](NC[C@@H](C)CC)[C@@H](C)C32)C1)CC1CCCC1.O=CO.[Se]I. The Hall–Kier alpha value is -0.131.